The maximum atomic E-state index is 12.7. The molecule has 204 valence electrons. The molecule has 2 heterocycles. The number of hydrogen-bond acceptors (Lipinski definition) is 7. The van der Waals surface area contributed by atoms with Gasteiger partial charge >= 0.3 is 0 Å². The summed E-state index contributed by atoms with van der Waals surface area (Å²) in [5, 5.41) is 6.72. The zero-order valence-corrected chi connectivity index (χ0v) is 22.9. The van der Waals surface area contributed by atoms with Gasteiger partial charge in [0.1, 0.15) is 12.4 Å². The van der Waals surface area contributed by atoms with Gasteiger partial charge in [0, 0.05) is 51.9 Å². The Morgan fingerprint density at radius 2 is 2.11 bits per heavy atom. The number of piperidine rings is 1. The van der Waals surface area contributed by atoms with Crippen molar-refractivity contribution in [1.82, 2.24) is 10.6 Å². The Morgan fingerprint density at radius 1 is 1.28 bits per heavy atom. The minimum Gasteiger partial charge on any atom is -0.490 e. The lowest BCUT2D eigenvalue weighted by molar-refractivity contribution is -0.130. The lowest BCUT2D eigenvalue weighted by Crippen LogP contribution is -2.48. The second-order valence-corrected chi connectivity index (χ2v) is 11.0. The molecule has 0 saturated carbocycles. The molecule has 0 unspecified atom stereocenters. The molecule has 0 aliphatic carbocycles. The number of fused-ring (bicyclic) bond motifs is 1. The van der Waals surface area contributed by atoms with Gasteiger partial charge in [-0.25, -0.2) is 0 Å². The largest absolute Gasteiger partial charge is 0.490 e. The van der Waals surface area contributed by atoms with Crippen LogP contribution in [0.3, 0.4) is 0 Å². The van der Waals surface area contributed by atoms with E-state index in [0.29, 0.717) is 31.7 Å². The van der Waals surface area contributed by atoms with E-state index < -0.39 is 5.41 Å². The van der Waals surface area contributed by atoms with E-state index in [9.17, 15) is 4.79 Å². The molecule has 1 aromatic carbocycles. The molecular formula is C28H47N3O5. The third-order valence-corrected chi connectivity index (χ3v) is 7.15. The Hall–Kier alpha value is -1.87. The summed E-state index contributed by atoms with van der Waals surface area (Å²) in [7, 11) is 3.43. The Kier molecular flexibility index (Phi) is 11.3. The number of carbonyl (C=O) groups is 1. The normalized spacial score (nSPS) is 21.0. The van der Waals surface area contributed by atoms with Crippen molar-refractivity contribution >= 4 is 11.6 Å². The Morgan fingerprint density at radius 3 is 2.83 bits per heavy atom. The molecule has 3 atom stereocenters. The first-order valence-corrected chi connectivity index (χ1v) is 13.4. The minimum atomic E-state index is -0.418. The quantitative estimate of drug-likeness (QED) is 0.375. The van der Waals surface area contributed by atoms with Crippen LogP contribution in [0.25, 0.3) is 0 Å². The minimum absolute atomic E-state index is 0.110. The molecule has 2 N–H and O–H groups in total. The van der Waals surface area contributed by atoms with Gasteiger partial charge in [0.25, 0.3) is 0 Å². The fraction of sp³-hybridized carbons (Fsp3) is 0.750. The third-order valence-electron chi connectivity index (χ3n) is 7.15. The molecule has 0 radical (unpaired) electrons. The summed E-state index contributed by atoms with van der Waals surface area (Å²) >= 11 is 0. The van der Waals surface area contributed by atoms with E-state index in [4.69, 9.17) is 18.9 Å². The zero-order valence-electron chi connectivity index (χ0n) is 22.9. The Labute approximate surface area is 217 Å². The van der Waals surface area contributed by atoms with Crippen LogP contribution >= 0.6 is 0 Å². The van der Waals surface area contributed by atoms with Gasteiger partial charge in [-0.15, -0.1) is 0 Å². The topological polar surface area (TPSA) is 81.3 Å². The molecular weight excluding hydrogens is 458 g/mol. The van der Waals surface area contributed by atoms with Crippen molar-refractivity contribution in [2.24, 2.45) is 11.3 Å². The molecule has 8 nitrogen and oxygen atoms in total. The highest BCUT2D eigenvalue weighted by Crippen LogP contribution is 2.33. The molecule has 1 fully saturated rings. The van der Waals surface area contributed by atoms with Crippen molar-refractivity contribution in [1.29, 1.82) is 0 Å². The summed E-state index contributed by atoms with van der Waals surface area (Å²) in [4.78, 5) is 15.1. The summed E-state index contributed by atoms with van der Waals surface area (Å²) in [6, 6.07) is 6.69. The van der Waals surface area contributed by atoms with Gasteiger partial charge < -0.3 is 34.5 Å². The summed E-state index contributed by atoms with van der Waals surface area (Å²) in [6.45, 7) is 12.2. The van der Waals surface area contributed by atoms with E-state index in [1.807, 2.05) is 13.8 Å². The maximum absolute atomic E-state index is 12.7. The van der Waals surface area contributed by atoms with Crippen molar-refractivity contribution < 1.29 is 23.7 Å². The third kappa shape index (κ3) is 8.61. The van der Waals surface area contributed by atoms with E-state index in [1.54, 1.807) is 14.2 Å². The highest BCUT2D eigenvalue weighted by molar-refractivity contribution is 5.81. The Bertz CT molecular complexity index is 810. The second kappa shape index (κ2) is 14.2. The van der Waals surface area contributed by atoms with Crippen molar-refractivity contribution in [3.63, 3.8) is 0 Å². The highest BCUT2D eigenvalue weighted by atomic mass is 16.5. The summed E-state index contributed by atoms with van der Waals surface area (Å²) in [5.41, 5.74) is 1.90. The van der Waals surface area contributed by atoms with Crippen LogP contribution in [0.4, 0.5) is 5.69 Å². The highest BCUT2D eigenvalue weighted by Gasteiger charge is 2.33. The molecule has 2 aliphatic heterocycles. The monoisotopic (exact) mass is 505 g/mol. The van der Waals surface area contributed by atoms with Crippen molar-refractivity contribution in [3.8, 4) is 5.75 Å². The molecule has 0 spiro atoms. The molecule has 1 saturated heterocycles. The number of nitrogens with one attached hydrogen (secondary N) is 2. The van der Waals surface area contributed by atoms with Crippen molar-refractivity contribution in [2.45, 2.75) is 65.2 Å². The standard InChI is InChI=1S/C28H47N3O5/c1-21(19-34-5)17-30-27(32)28(2,3)16-23-8-9-24(18-29-23)36-20-22-7-10-26-25(15-22)31(12-14-35-26)11-6-13-33-4/h7,10,15,21,23-24,29H,6,8-9,11-14,16-20H2,1-5H3,(H,30,32)/t21-,23+,24-/m1/s1. The molecule has 36 heavy (non-hydrogen) atoms. The summed E-state index contributed by atoms with van der Waals surface area (Å²) in [6.07, 6.45) is 3.99. The predicted molar refractivity (Wildman–Crippen MR) is 143 cm³/mol. The molecule has 3 rings (SSSR count). The number of benzene rings is 1. The van der Waals surface area contributed by atoms with Gasteiger partial charge in [-0.05, 0) is 49.3 Å². The molecule has 2 aliphatic rings. The lowest BCUT2D eigenvalue weighted by Gasteiger charge is -2.35. The smallest absolute Gasteiger partial charge is 0.225 e. The van der Waals surface area contributed by atoms with Gasteiger partial charge in [-0.2, -0.15) is 0 Å². The van der Waals surface area contributed by atoms with Crippen LogP contribution in [0.5, 0.6) is 5.75 Å². The maximum Gasteiger partial charge on any atom is 0.225 e. The van der Waals surface area contributed by atoms with Gasteiger partial charge in [0.15, 0.2) is 0 Å². The molecule has 0 bridgehead atoms. The van der Waals surface area contributed by atoms with E-state index in [1.165, 1.54) is 5.56 Å². The van der Waals surface area contributed by atoms with Crippen LogP contribution < -0.4 is 20.3 Å². The SMILES string of the molecule is COCCCN1CCOc2ccc(CO[C@@H]3CC[C@@H](CC(C)(C)C(=O)NC[C@@H](C)COC)NC3)cc21. The van der Waals surface area contributed by atoms with Crippen LogP contribution in [-0.4, -0.2) is 78.3 Å². The van der Waals surface area contributed by atoms with E-state index in [0.717, 1.165) is 70.0 Å². The summed E-state index contributed by atoms with van der Waals surface area (Å²) in [5.74, 6) is 1.37. The Balaban J connectivity index is 1.42. The average molecular weight is 506 g/mol. The van der Waals surface area contributed by atoms with Crippen LogP contribution in [-0.2, 0) is 25.6 Å². The lowest BCUT2D eigenvalue weighted by atomic mass is 9.82. The van der Waals surface area contributed by atoms with Crippen LogP contribution in [0, 0.1) is 11.3 Å². The van der Waals surface area contributed by atoms with Crippen LogP contribution in [0.2, 0.25) is 0 Å². The van der Waals surface area contributed by atoms with E-state index in [2.05, 4.69) is 40.7 Å². The predicted octanol–water partition coefficient (Wildman–Crippen LogP) is 3.37. The molecule has 1 amide bonds. The van der Waals surface area contributed by atoms with Gasteiger partial charge in [-0.3, -0.25) is 4.79 Å². The fourth-order valence-electron chi connectivity index (χ4n) is 5.02. The van der Waals surface area contributed by atoms with Gasteiger partial charge in [-0.1, -0.05) is 26.8 Å². The van der Waals surface area contributed by atoms with E-state index >= 15 is 0 Å². The molecule has 0 aromatic heterocycles. The van der Waals surface area contributed by atoms with Crippen LogP contribution in [0.15, 0.2) is 18.2 Å². The first-order chi connectivity index (χ1) is 17.3. The first kappa shape index (κ1) is 28.7. The number of hydrogen-bond donors (Lipinski definition) is 2. The average Bonchev–Trinajstić information content (AvgIpc) is 2.87. The van der Waals surface area contributed by atoms with Crippen molar-refractivity contribution in [3.05, 3.63) is 23.8 Å². The summed E-state index contributed by atoms with van der Waals surface area (Å²) < 4.78 is 22.5. The van der Waals surface area contributed by atoms with Gasteiger partial charge in [0.2, 0.25) is 5.91 Å². The number of carbonyl (C=O) groups excluding carboxylic acids is 1. The van der Waals surface area contributed by atoms with Crippen molar-refractivity contribution in [2.75, 3.05) is 65.1 Å². The second-order valence-electron chi connectivity index (χ2n) is 11.0. The number of ether oxygens (including phenoxy) is 4. The fourth-order valence-corrected chi connectivity index (χ4v) is 5.02. The van der Waals surface area contributed by atoms with Crippen LogP contribution in [0.1, 0.15) is 52.0 Å². The zero-order chi connectivity index (χ0) is 26.0. The van der Waals surface area contributed by atoms with Gasteiger partial charge in [0.05, 0.1) is 31.5 Å². The first-order valence-electron chi connectivity index (χ1n) is 13.4. The number of anilines is 1. The number of nitrogens with zero attached hydrogens (tertiary/aromatic N) is 1. The molecule has 8 heteroatoms. The number of amides is 1. The number of methoxy groups -OCH3 is 2. The molecule has 1 aromatic rings. The van der Waals surface area contributed by atoms with E-state index in [-0.39, 0.29) is 12.0 Å². The number of rotatable bonds is 14.